The van der Waals surface area contributed by atoms with Crippen LogP contribution in [0.5, 0.6) is 0 Å². The number of nitrogens with zero attached hydrogens (tertiary/aromatic N) is 4. The number of hydrogen-bond donors (Lipinski definition) is 0. The van der Waals surface area contributed by atoms with Crippen molar-refractivity contribution >= 4 is 11.8 Å². The van der Waals surface area contributed by atoms with E-state index in [1.54, 1.807) is 0 Å². The molecule has 0 amide bonds. The van der Waals surface area contributed by atoms with E-state index in [-0.39, 0.29) is 11.3 Å². The van der Waals surface area contributed by atoms with Gasteiger partial charge in [0.05, 0.1) is 6.07 Å². The highest BCUT2D eigenvalue weighted by Gasteiger charge is 2.45. The molecule has 2 saturated carbocycles. The molecule has 2 fully saturated rings. The van der Waals surface area contributed by atoms with Gasteiger partial charge in [0, 0.05) is 38.3 Å². The summed E-state index contributed by atoms with van der Waals surface area (Å²) in [5.74, 6) is 4.66. The van der Waals surface area contributed by atoms with E-state index in [2.05, 4.69) is 111 Å². The Labute approximate surface area is 299 Å². The van der Waals surface area contributed by atoms with Crippen molar-refractivity contribution in [2.45, 2.75) is 67.4 Å². The molecule has 1 aliphatic heterocycles. The number of fused-ring (bicyclic) bond motifs is 5. The summed E-state index contributed by atoms with van der Waals surface area (Å²) >= 11 is 1.88. The Bertz CT molecular complexity index is 2180. The van der Waals surface area contributed by atoms with Crippen LogP contribution in [-0.2, 0) is 5.41 Å². The van der Waals surface area contributed by atoms with Crippen molar-refractivity contribution in [3.63, 3.8) is 0 Å². The molecule has 4 aliphatic rings. The molecule has 0 saturated heterocycles. The summed E-state index contributed by atoms with van der Waals surface area (Å²) in [6.07, 6.45) is 12.9. The zero-order chi connectivity index (χ0) is 33.8. The maximum Gasteiger partial charge on any atom is 0.164 e. The third-order valence-corrected chi connectivity index (χ3v) is 12.8. The summed E-state index contributed by atoms with van der Waals surface area (Å²) in [6.45, 7) is 4.90. The Morgan fingerprint density at radius 1 is 0.680 bits per heavy atom. The standard InChI is InChI=1S/C45H40N4S/c1-28-19-31-20-29(2)25-45(24-28,26-31)37-15-12-33(13-16-37)43-47-42(32-7-4-3-5-8-32)48-44(49-43)36-10-6-9-34(22-36)35-14-18-41-39(23-35)38-21-30(27-46)11-17-40(38)50-41/h3-18,21-23,28-29,31,38,40H,19-20,24-26H2,1-2H3/t28-,29+,31-,38?,40?,45?. The van der Waals surface area contributed by atoms with Crippen LogP contribution in [0.15, 0.2) is 126 Å². The van der Waals surface area contributed by atoms with E-state index in [9.17, 15) is 5.26 Å². The van der Waals surface area contributed by atoms with E-state index in [1.807, 2.05) is 36.0 Å². The Balaban J connectivity index is 1.08. The first-order chi connectivity index (χ1) is 24.4. The zero-order valence-corrected chi connectivity index (χ0v) is 29.4. The summed E-state index contributed by atoms with van der Waals surface area (Å²) in [7, 11) is 0. The lowest BCUT2D eigenvalue weighted by Crippen LogP contribution is -2.42. The molecule has 2 heterocycles. The van der Waals surface area contributed by atoms with Gasteiger partial charge in [0.2, 0.25) is 0 Å². The molecule has 2 bridgehead atoms. The minimum absolute atomic E-state index is 0.216. The van der Waals surface area contributed by atoms with Crippen LogP contribution >= 0.6 is 11.8 Å². The number of hydrogen-bond acceptors (Lipinski definition) is 5. The van der Waals surface area contributed by atoms with Crippen molar-refractivity contribution in [1.82, 2.24) is 15.0 Å². The predicted molar refractivity (Wildman–Crippen MR) is 203 cm³/mol. The van der Waals surface area contributed by atoms with Crippen molar-refractivity contribution in [2.75, 3.05) is 0 Å². The fraction of sp³-hybridized carbons (Fsp3) is 0.289. The van der Waals surface area contributed by atoms with Crippen LogP contribution < -0.4 is 0 Å². The smallest absolute Gasteiger partial charge is 0.164 e. The van der Waals surface area contributed by atoms with Gasteiger partial charge in [-0.1, -0.05) is 105 Å². The molecular formula is C45H40N4S. The van der Waals surface area contributed by atoms with E-state index in [0.29, 0.717) is 22.7 Å². The molecule has 3 unspecified atom stereocenters. The van der Waals surface area contributed by atoms with E-state index >= 15 is 0 Å². The number of benzene rings is 4. The Morgan fingerprint density at radius 3 is 2.02 bits per heavy atom. The van der Waals surface area contributed by atoms with Gasteiger partial charge in [0.1, 0.15) is 0 Å². The van der Waals surface area contributed by atoms with Gasteiger partial charge in [-0.05, 0) is 102 Å². The molecule has 4 aromatic carbocycles. The van der Waals surface area contributed by atoms with Gasteiger partial charge in [-0.2, -0.15) is 5.26 Å². The second kappa shape index (κ2) is 12.5. The van der Waals surface area contributed by atoms with Crippen molar-refractivity contribution in [1.29, 1.82) is 5.26 Å². The zero-order valence-electron chi connectivity index (χ0n) is 28.6. The summed E-state index contributed by atoms with van der Waals surface area (Å²) < 4.78 is 0. The maximum atomic E-state index is 9.54. The first-order valence-corrected chi connectivity index (χ1v) is 18.9. The summed E-state index contributed by atoms with van der Waals surface area (Å²) in [6, 6.07) is 37.0. The van der Waals surface area contributed by atoms with Crippen molar-refractivity contribution in [3.05, 3.63) is 132 Å². The number of allylic oxidation sites excluding steroid dienone is 3. The monoisotopic (exact) mass is 668 g/mol. The first kappa shape index (κ1) is 31.2. The third kappa shape index (κ3) is 5.70. The molecule has 1 aromatic heterocycles. The van der Waals surface area contributed by atoms with E-state index < -0.39 is 0 Å². The predicted octanol–water partition coefficient (Wildman–Crippen LogP) is 11.2. The second-order valence-electron chi connectivity index (χ2n) is 15.2. The molecule has 0 radical (unpaired) electrons. The van der Waals surface area contributed by atoms with Crippen LogP contribution in [0.2, 0.25) is 0 Å². The molecule has 4 nitrogen and oxygen atoms in total. The van der Waals surface area contributed by atoms with Crippen LogP contribution in [0.3, 0.4) is 0 Å². The topological polar surface area (TPSA) is 62.5 Å². The number of thioether (sulfide) groups is 1. The second-order valence-corrected chi connectivity index (χ2v) is 16.4. The van der Waals surface area contributed by atoms with Gasteiger partial charge < -0.3 is 0 Å². The van der Waals surface area contributed by atoms with Crippen LogP contribution in [-0.4, -0.2) is 20.2 Å². The number of aromatic nitrogens is 3. The Morgan fingerprint density at radius 2 is 1.30 bits per heavy atom. The highest BCUT2D eigenvalue weighted by molar-refractivity contribution is 8.00. The van der Waals surface area contributed by atoms with Crippen LogP contribution in [0.1, 0.15) is 63.0 Å². The molecule has 5 heteroatoms. The average Bonchev–Trinajstić information content (AvgIpc) is 3.51. The first-order valence-electron chi connectivity index (χ1n) is 18.1. The van der Waals surface area contributed by atoms with E-state index in [4.69, 9.17) is 15.0 Å². The maximum absolute atomic E-state index is 9.54. The average molecular weight is 669 g/mol. The lowest BCUT2D eigenvalue weighted by atomic mass is 9.54. The normalized spacial score (nSPS) is 26.4. The van der Waals surface area contributed by atoms with Crippen LogP contribution in [0, 0.1) is 29.1 Å². The fourth-order valence-corrected chi connectivity index (χ4v) is 10.9. The minimum Gasteiger partial charge on any atom is -0.208 e. The Hall–Kier alpha value is -4.79. The summed E-state index contributed by atoms with van der Waals surface area (Å²) in [4.78, 5) is 16.5. The number of nitriles is 1. The SMILES string of the molecule is C[C@@H]1C[C@@H]2C[C@H](C)CC(c3ccc(-c4nc(-c5ccccc5)nc(-c5cccc(-c6ccc7c(c6)C6C=C(C#N)C=CC6S7)c5)n4)cc3)(C1)C2. The van der Waals surface area contributed by atoms with Crippen molar-refractivity contribution in [3.8, 4) is 51.4 Å². The van der Waals surface area contributed by atoms with E-state index in [0.717, 1.165) is 51.1 Å². The van der Waals surface area contributed by atoms with Gasteiger partial charge in [0.25, 0.3) is 0 Å². The number of rotatable bonds is 5. The third-order valence-electron chi connectivity index (χ3n) is 11.4. The van der Waals surface area contributed by atoms with Gasteiger partial charge in [-0.25, -0.2) is 15.0 Å². The molecule has 0 N–H and O–H groups in total. The lowest BCUT2D eigenvalue weighted by Gasteiger charge is -2.50. The molecule has 9 rings (SSSR count). The molecule has 0 spiro atoms. The van der Waals surface area contributed by atoms with Gasteiger partial charge >= 0.3 is 0 Å². The fourth-order valence-electron chi connectivity index (χ4n) is 9.58. The largest absolute Gasteiger partial charge is 0.208 e. The lowest BCUT2D eigenvalue weighted by molar-refractivity contribution is 0.0780. The summed E-state index contributed by atoms with van der Waals surface area (Å²) in [5.41, 5.74) is 9.01. The highest BCUT2D eigenvalue weighted by Crippen LogP contribution is 2.54. The molecule has 5 aromatic rings. The van der Waals surface area contributed by atoms with Crippen LogP contribution in [0.25, 0.3) is 45.3 Å². The van der Waals surface area contributed by atoms with E-state index in [1.165, 1.54) is 48.1 Å². The molecule has 50 heavy (non-hydrogen) atoms. The molecule has 6 atom stereocenters. The van der Waals surface area contributed by atoms with Crippen molar-refractivity contribution in [2.24, 2.45) is 17.8 Å². The minimum atomic E-state index is 0.216. The molecular weight excluding hydrogens is 629 g/mol. The molecule has 246 valence electrons. The highest BCUT2D eigenvalue weighted by atomic mass is 32.2. The van der Waals surface area contributed by atoms with Crippen molar-refractivity contribution < 1.29 is 0 Å². The van der Waals surface area contributed by atoms with Gasteiger partial charge in [0.15, 0.2) is 17.5 Å². The summed E-state index contributed by atoms with van der Waals surface area (Å²) in [5, 5.41) is 9.88. The molecule has 3 aliphatic carbocycles. The van der Waals surface area contributed by atoms with Gasteiger partial charge in [-0.15, -0.1) is 11.8 Å². The van der Waals surface area contributed by atoms with Gasteiger partial charge in [-0.3, -0.25) is 0 Å². The quantitative estimate of drug-likeness (QED) is 0.186. The Kier molecular flexibility index (Phi) is 7.81. The van der Waals surface area contributed by atoms with Crippen LogP contribution in [0.4, 0.5) is 0 Å².